The molecule has 0 aromatic heterocycles. The van der Waals surface area contributed by atoms with Gasteiger partial charge in [-0.3, -0.25) is 0 Å². The van der Waals surface area contributed by atoms with E-state index in [1.165, 1.54) is 5.56 Å². The number of aromatic hydroxyl groups is 1. The highest BCUT2D eigenvalue weighted by Crippen LogP contribution is 2.24. The molecule has 2 aromatic rings. The highest BCUT2D eigenvalue weighted by Gasteiger charge is 2.16. The molecule has 2 nitrogen and oxygen atoms in total. The number of rotatable bonds is 6. The van der Waals surface area contributed by atoms with Gasteiger partial charge < -0.3 is 10.4 Å². The van der Waals surface area contributed by atoms with Crippen molar-refractivity contribution in [2.75, 3.05) is 0 Å². The van der Waals surface area contributed by atoms with Gasteiger partial charge in [0.2, 0.25) is 0 Å². The van der Waals surface area contributed by atoms with Crippen LogP contribution in [0.5, 0.6) is 5.75 Å². The first-order chi connectivity index (χ1) is 9.96. The van der Waals surface area contributed by atoms with Crippen LogP contribution < -0.4 is 5.32 Å². The molecule has 0 spiro atoms. The maximum Gasteiger partial charge on any atom is 0.134 e. The Morgan fingerprint density at radius 1 is 1.05 bits per heavy atom. The Labute approximate surface area is 131 Å². The number of phenolic OH excluding ortho intramolecular Hbond substituents is 1. The summed E-state index contributed by atoms with van der Waals surface area (Å²) >= 11 is 5.93. The van der Waals surface area contributed by atoms with Gasteiger partial charge in [0.05, 0.1) is 5.02 Å². The van der Waals surface area contributed by atoms with Gasteiger partial charge in [-0.15, -0.1) is 0 Å². The quantitative estimate of drug-likeness (QED) is 0.820. The minimum atomic E-state index is 0.0419. The number of phenols is 1. The number of halogens is 1. The smallest absolute Gasteiger partial charge is 0.134 e. The zero-order chi connectivity index (χ0) is 15.3. The van der Waals surface area contributed by atoms with Crippen LogP contribution in [0.3, 0.4) is 0 Å². The molecule has 0 radical (unpaired) electrons. The van der Waals surface area contributed by atoms with Crippen molar-refractivity contribution in [1.82, 2.24) is 5.32 Å². The van der Waals surface area contributed by atoms with Crippen LogP contribution in [0, 0.1) is 0 Å². The van der Waals surface area contributed by atoms with Crippen LogP contribution in [0.1, 0.15) is 31.4 Å². The van der Waals surface area contributed by atoms with Gasteiger partial charge in [-0.1, -0.05) is 48.0 Å². The average molecular weight is 304 g/mol. The number of nitrogens with one attached hydrogen (secondary N) is 1. The standard InChI is InChI=1S/C18H22ClNO/c1-18(2,11-10-14-6-4-3-5-7-14)20-13-15-8-9-17(21)16(19)12-15/h3-9,12,20-21H,10-11,13H2,1-2H3. The number of hydrogen-bond donors (Lipinski definition) is 2. The lowest BCUT2D eigenvalue weighted by atomic mass is 9.95. The molecular formula is C18H22ClNO. The monoisotopic (exact) mass is 303 g/mol. The molecule has 0 saturated heterocycles. The Morgan fingerprint density at radius 3 is 2.43 bits per heavy atom. The Balaban J connectivity index is 1.87. The summed E-state index contributed by atoms with van der Waals surface area (Å²) in [7, 11) is 0. The third kappa shape index (κ3) is 5.07. The molecule has 2 aromatic carbocycles. The molecule has 2 rings (SSSR count). The van der Waals surface area contributed by atoms with Gasteiger partial charge in [0, 0.05) is 12.1 Å². The largest absolute Gasteiger partial charge is 0.506 e. The van der Waals surface area contributed by atoms with E-state index in [1.807, 2.05) is 12.1 Å². The Kier molecular flexibility index (Phi) is 5.27. The van der Waals surface area contributed by atoms with E-state index in [0.717, 1.165) is 24.9 Å². The molecule has 0 unspecified atom stereocenters. The van der Waals surface area contributed by atoms with Crippen LogP contribution in [0.25, 0.3) is 0 Å². The van der Waals surface area contributed by atoms with Gasteiger partial charge in [-0.25, -0.2) is 0 Å². The minimum Gasteiger partial charge on any atom is -0.506 e. The van der Waals surface area contributed by atoms with Crippen LogP contribution in [0.2, 0.25) is 5.02 Å². The Bertz CT molecular complexity index is 581. The van der Waals surface area contributed by atoms with Crippen LogP contribution in [-0.4, -0.2) is 10.6 Å². The van der Waals surface area contributed by atoms with Crippen LogP contribution in [0.15, 0.2) is 48.5 Å². The fourth-order valence-corrected chi connectivity index (χ4v) is 2.39. The van der Waals surface area contributed by atoms with Crippen molar-refractivity contribution in [3.8, 4) is 5.75 Å². The second-order valence-electron chi connectivity index (χ2n) is 6.01. The molecule has 0 fully saturated rings. The van der Waals surface area contributed by atoms with E-state index in [2.05, 4.69) is 43.4 Å². The summed E-state index contributed by atoms with van der Waals surface area (Å²) in [6.07, 6.45) is 2.11. The van der Waals surface area contributed by atoms with Gasteiger partial charge in [-0.05, 0) is 49.9 Å². The van der Waals surface area contributed by atoms with Gasteiger partial charge >= 0.3 is 0 Å². The van der Waals surface area contributed by atoms with E-state index < -0.39 is 0 Å². The summed E-state index contributed by atoms with van der Waals surface area (Å²) in [5.74, 6) is 0.128. The molecule has 0 aliphatic heterocycles. The van der Waals surface area contributed by atoms with E-state index in [-0.39, 0.29) is 11.3 Å². The maximum atomic E-state index is 9.43. The SMILES string of the molecule is CC(C)(CCc1ccccc1)NCc1ccc(O)c(Cl)c1. The zero-order valence-corrected chi connectivity index (χ0v) is 13.3. The fourth-order valence-electron chi connectivity index (χ4n) is 2.19. The summed E-state index contributed by atoms with van der Waals surface area (Å²) < 4.78 is 0. The van der Waals surface area contributed by atoms with E-state index in [1.54, 1.807) is 12.1 Å². The molecule has 2 N–H and O–H groups in total. The van der Waals surface area contributed by atoms with Crippen molar-refractivity contribution in [2.45, 2.75) is 38.8 Å². The molecule has 3 heteroatoms. The summed E-state index contributed by atoms with van der Waals surface area (Å²) in [5.41, 5.74) is 2.48. The summed E-state index contributed by atoms with van der Waals surface area (Å²) in [5, 5.41) is 13.4. The summed E-state index contributed by atoms with van der Waals surface area (Å²) in [6.45, 7) is 5.15. The second-order valence-corrected chi connectivity index (χ2v) is 6.42. The molecule has 0 heterocycles. The van der Waals surface area contributed by atoms with Gasteiger partial charge in [0.1, 0.15) is 5.75 Å². The third-order valence-electron chi connectivity index (χ3n) is 3.66. The van der Waals surface area contributed by atoms with E-state index >= 15 is 0 Å². The fraction of sp³-hybridized carbons (Fsp3) is 0.333. The third-order valence-corrected chi connectivity index (χ3v) is 3.97. The van der Waals surface area contributed by atoms with E-state index in [0.29, 0.717) is 5.02 Å². The van der Waals surface area contributed by atoms with Crippen molar-refractivity contribution >= 4 is 11.6 Å². The zero-order valence-electron chi connectivity index (χ0n) is 12.6. The molecule has 0 aliphatic rings. The first-order valence-corrected chi connectivity index (χ1v) is 7.60. The van der Waals surface area contributed by atoms with Crippen molar-refractivity contribution in [1.29, 1.82) is 0 Å². The maximum absolute atomic E-state index is 9.43. The highest BCUT2D eigenvalue weighted by molar-refractivity contribution is 6.32. The van der Waals surface area contributed by atoms with E-state index in [4.69, 9.17) is 11.6 Å². The molecule has 0 aliphatic carbocycles. The lowest BCUT2D eigenvalue weighted by Crippen LogP contribution is -2.39. The first-order valence-electron chi connectivity index (χ1n) is 7.23. The number of hydrogen-bond acceptors (Lipinski definition) is 2. The normalized spacial score (nSPS) is 11.6. The molecule has 0 atom stereocenters. The van der Waals surface area contributed by atoms with Crippen molar-refractivity contribution in [3.05, 3.63) is 64.7 Å². The van der Waals surface area contributed by atoms with Crippen molar-refractivity contribution in [3.63, 3.8) is 0 Å². The number of aryl methyl sites for hydroxylation is 1. The molecule has 0 amide bonds. The topological polar surface area (TPSA) is 32.3 Å². The van der Waals surface area contributed by atoms with Crippen molar-refractivity contribution in [2.24, 2.45) is 0 Å². The van der Waals surface area contributed by atoms with Crippen molar-refractivity contribution < 1.29 is 5.11 Å². The molecule has 112 valence electrons. The molecule has 0 saturated carbocycles. The van der Waals surface area contributed by atoms with Gasteiger partial charge in [0.15, 0.2) is 0 Å². The summed E-state index contributed by atoms with van der Waals surface area (Å²) in [6, 6.07) is 15.9. The van der Waals surface area contributed by atoms with Gasteiger partial charge in [-0.2, -0.15) is 0 Å². The highest BCUT2D eigenvalue weighted by atomic mass is 35.5. The van der Waals surface area contributed by atoms with E-state index in [9.17, 15) is 5.11 Å². The first kappa shape index (κ1) is 15.9. The predicted molar refractivity (Wildman–Crippen MR) is 88.8 cm³/mol. The Hall–Kier alpha value is -1.51. The lowest BCUT2D eigenvalue weighted by Gasteiger charge is -2.26. The number of benzene rings is 2. The second kappa shape index (κ2) is 6.97. The van der Waals surface area contributed by atoms with Gasteiger partial charge in [0.25, 0.3) is 0 Å². The van der Waals surface area contributed by atoms with Crippen LogP contribution in [0.4, 0.5) is 0 Å². The molecular weight excluding hydrogens is 282 g/mol. The lowest BCUT2D eigenvalue weighted by molar-refractivity contribution is 0.360. The molecule has 0 bridgehead atoms. The average Bonchev–Trinajstić information content (AvgIpc) is 2.48. The van der Waals surface area contributed by atoms with Crippen LogP contribution >= 0.6 is 11.6 Å². The summed E-state index contributed by atoms with van der Waals surface area (Å²) in [4.78, 5) is 0. The van der Waals surface area contributed by atoms with Crippen LogP contribution in [-0.2, 0) is 13.0 Å². The molecule has 21 heavy (non-hydrogen) atoms. The predicted octanol–water partition coefficient (Wildman–Crippen LogP) is 4.55. The minimum absolute atomic E-state index is 0.0419. The Morgan fingerprint density at radius 2 is 1.76 bits per heavy atom.